The van der Waals surface area contributed by atoms with Gasteiger partial charge in [-0.3, -0.25) is 5.32 Å². The summed E-state index contributed by atoms with van der Waals surface area (Å²) in [5.74, 6) is 0.539. The molecule has 6 nitrogen and oxygen atoms in total. The minimum Gasteiger partial charge on any atom is -0.395 e. The second-order valence-electron chi connectivity index (χ2n) is 5.04. The number of rotatable bonds is 3. The lowest BCUT2D eigenvalue weighted by Gasteiger charge is -2.12. The van der Waals surface area contributed by atoms with E-state index in [0.29, 0.717) is 16.5 Å². The third-order valence-electron chi connectivity index (χ3n) is 3.67. The molecule has 4 N–H and O–H groups in total. The summed E-state index contributed by atoms with van der Waals surface area (Å²) in [6.07, 6.45) is -2.10. The zero-order chi connectivity index (χ0) is 15.0. The fourth-order valence-corrected chi connectivity index (χ4v) is 2.60. The molecule has 2 aromatic rings. The van der Waals surface area contributed by atoms with Gasteiger partial charge in [0.2, 0.25) is 0 Å². The molecule has 0 amide bonds. The van der Waals surface area contributed by atoms with Crippen LogP contribution in [0.25, 0.3) is 11.3 Å². The number of benzene rings is 1. The molecule has 3 rings (SSSR count). The molecule has 1 fully saturated rings. The lowest BCUT2D eigenvalue weighted by Crippen LogP contribution is -2.35. The van der Waals surface area contributed by atoms with Crippen molar-refractivity contribution in [3.63, 3.8) is 0 Å². The Balaban J connectivity index is 1.84. The van der Waals surface area contributed by atoms with Crippen molar-refractivity contribution in [3.8, 4) is 11.3 Å². The summed E-state index contributed by atoms with van der Waals surface area (Å²) in [6.45, 7) is -0.267. The summed E-state index contributed by atoms with van der Waals surface area (Å²) in [5, 5.41) is 36.4. The number of nitrogens with zero attached hydrogens (tertiary/aromatic N) is 1. The van der Waals surface area contributed by atoms with Crippen molar-refractivity contribution < 1.29 is 19.8 Å². The van der Waals surface area contributed by atoms with Crippen LogP contribution in [0.5, 0.6) is 0 Å². The monoisotopic (exact) mass is 310 g/mol. The molecule has 2 heterocycles. The molecule has 4 atom stereocenters. The lowest BCUT2D eigenvalue weighted by molar-refractivity contribution is 0.0187. The zero-order valence-corrected chi connectivity index (χ0v) is 11.7. The Bertz CT molecular complexity index is 616. The number of hydrogen-bond acceptors (Lipinski definition) is 6. The summed E-state index contributed by atoms with van der Waals surface area (Å²) in [7, 11) is 0. The van der Waals surface area contributed by atoms with Crippen molar-refractivity contribution in [2.24, 2.45) is 0 Å². The topological polar surface area (TPSA) is 98.8 Å². The van der Waals surface area contributed by atoms with Gasteiger partial charge in [-0.1, -0.05) is 16.8 Å². The summed E-state index contributed by atoms with van der Waals surface area (Å²) >= 11 is 5.83. The van der Waals surface area contributed by atoms with E-state index >= 15 is 0 Å². The van der Waals surface area contributed by atoms with E-state index in [1.807, 2.05) is 0 Å². The molecule has 112 valence electrons. The van der Waals surface area contributed by atoms with Gasteiger partial charge in [-0.2, -0.15) is 0 Å². The molecule has 1 aliphatic heterocycles. The molecule has 1 aromatic carbocycles. The van der Waals surface area contributed by atoms with Crippen LogP contribution in [0.2, 0.25) is 5.02 Å². The van der Waals surface area contributed by atoms with Gasteiger partial charge in [0.25, 0.3) is 0 Å². The maximum atomic E-state index is 10.0. The van der Waals surface area contributed by atoms with Crippen LogP contribution in [-0.4, -0.2) is 45.3 Å². The highest BCUT2D eigenvalue weighted by Gasteiger charge is 2.42. The van der Waals surface area contributed by atoms with Gasteiger partial charge in [-0.05, 0) is 24.3 Å². The first-order valence-electron chi connectivity index (χ1n) is 6.55. The highest BCUT2D eigenvalue weighted by Crippen LogP contribution is 2.30. The SMILES string of the molecule is OC[C@H]1N[C@H](c2cc(-c3ccc(Cl)cc3)on2)[C@@H](O)[C@@H]1O. The summed E-state index contributed by atoms with van der Waals surface area (Å²) in [5.41, 5.74) is 1.28. The Labute approximate surface area is 126 Å². The normalized spacial score (nSPS) is 29.0. The van der Waals surface area contributed by atoms with Crippen molar-refractivity contribution in [2.75, 3.05) is 6.61 Å². The summed E-state index contributed by atoms with van der Waals surface area (Å²) in [4.78, 5) is 0. The maximum Gasteiger partial charge on any atom is 0.167 e. The van der Waals surface area contributed by atoms with Crippen LogP contribution < -0.4 is 5.32 Å². The second-order valence-corrected chi connectivity index (χ2v) is 5.47. The smallest absolute Gasteiger partial charge is 0.167 e. The van der Waals surface area contributed by atoms with Crippen LogP contribution in [0.1, 0.15) is 11.7 Å². The van der Waals surface area contributed by atoms with E-state index in [-0.39, 0.29) is 6.61 Å². The molecule has 0 spiro atoms. The Morgan fingerprint density at radius 2 is 1.90 bits per heavy atom. The average molecular weight is 311 g/mol. The maximum absolute atomic E-state index is 10.0. The van der Waals surface area contributed by atoms with E-state index < -0.39 is 24.3 Å². The molecule has 1 aromatic heterocycles. The van der Waals surface area contributed by atoms with E-state index in [4.69, 9.17) is 21.2 Å². The predicted octanol–water partition coefficient (Wildman–Crippen LogP) is 0.722. The molecule has 21 heavy (non-hydrogen) atoms. The van der Waals surface area contributed by atoms with Gasteiger partial charge in [0.1, 0.15) is 11.8 Å². The Morgan fingerprint density at radius 1 is 1.19 bits per heavy atom. The zero-order valence-electron chi connectivity index (χ0n) is 11.0. The van der Waals surface area contributed by atoms with Crippen LogP contribution in [0.15, 0.2) is 34.9 Å². The number of halogens is 1. The van der Waals surface area contributed by atoms with Gasteiger partial charge in [0, 0.05) is 16.7 Å². The van der Waals surface area contributed by atoms with Gasteiger partial charge in [0.05, 0.1) is 24.8 Å². The van der Waals surface area contributed by atoms with E-state index in [2.05, 4.69) is 10.5 Å². The van der Waals surface area contributed by atoms with Gasteiger partial charge < -0.3 is 19.8 Å². The summed E-state index contributed by atoms with van der Waals surface area (Å²) < 4.78 is 5.27. The van der Waals surface area contributed by atoms with Crippen molar-refractivity contribution >= 4 is 11.6 Å². The number of nitrogens with one attached hydrogen (secondary N) is 1. The standard InChI is InChI=1S/C14H15ClN2O4/c15-8-3-1-7(2-4-8)11-5-9(17-21-11)12-14(20)13(19)10(6-18)16-12/h1-5,10,12-14,16,18-20H,6H2/t10-,12-,13-,14-/m1/s1. The number of hydrogen-bond donors (Lipinski definition) is 4. The molecule has 0 bridgehead atoms. The summed E-state index contributed by atoms with van der Waals surface area (Å²) in [6, 6.07) is 7.62. The fraction of sp³-hybridized carbons (Fsp3) is 0.357. The largest absolute Gasteiger partial charge is 0.395 e. The van der Waals surface area contributed by atoms with E-state index in [1.54, 1.807) is 30.3 Å². The van der Waals surface area contributed by atoms with Crippen LogP contribution >= 0.6 is 11.6 Å². The molecular weight excluding hydrogens is 296 g/mol. The first-order valence-corrected chi connectivity index (χ1v) is 6.93. The fourth-order valence-electron chi connectivity index (χ4n) is 2.47. The predicted molar refractivity (Wildman–Crippen MR) is 75.7 cm³/mol. The highest BCUT2D eigenvalue weighted by atomic mass is 35.5. The van der Waals surface area contributed by atoms with Crippen LogP contribution in [0.4, 0.5) is 0 Å². The Kier molecular flexibility index (Phi) is 3.97. The molecule has 0 aliphatic carbocycles. The van der Waals surface area contributed by atoms with E-state index in [0.717, 1.165) is 5.56 Å². The van der Waals surface area contributed by atoms with Crippen molar-refractivity contribution in [2.45, 2.75) is 24.3 Å². The lowest BCUT2D eigenvalue weighted by atomic mass is 10.0. The van der Waals surface area contributed by atoms with Gasteiger partial charge in [-0.15, -0.1) is 0 Å². The Hall–Kier alpha value is -1.44. The van der Waals surface area contributed by atoms with Crippen LogP contribution in [-0.2, 0) is 0 Å². The third-order valence-corrected chi connectivity index (χ3v) is 3.92. The quantitative estimate of drug-likeness (QED) is 0.667. The molecule has 0 radical (unpaired) electrons. The molecule has 0 saturated carbocycles. The first-order chi connectivity index (χ1) is 10.1. The van der Waals surface area contributed by atoms with Crippen molar-refractivity contribution in [1.82, 2.24) is 10.5 Å². The molecule has 1 saturated heterocycles. The molecular formula is C14H15ClN2O4. The van der Waals surface area contributed by atoms with Crippen LogP contribution in [0.3, 0.4) is 0 Å². The average Bonchev–Trinajstić information content (AvgIpc) is 3.07. The minimum absolute atomic E-state index is 0.267. The Morgan fingerprint density at radius 3 is 2.52 bits per heavy atom. The minimum atomic E-state index is -1.05. The van der Waals surface area contributed by atoms with Gasteiger partial charge in [0.15, 0.2) is 5.76 Å². The van der Waals surface area contributed by atoms with Crippen molar-refractivity contribution in [3.05, 3.63) is 41.0 Å². The van der Waals surface area contributed by atoms with Gasteiger partial charge >= 0.3 is 0 Å². The second kappa shape index (κ2) is 5.75. The number of aliphatic hydroxyl groups is 3. The molecule has 7 heteroatoms. The van der Waals surface area contributed by atoms with E-state index in [1.165, 1.54) is 0 Å². The van der Waals surface area contributed by atoms with Crippen LogP contribution in [0, 0.1) is 0 Å². The highest BCUT2D eigenvalue weighted by molar-refractivity contribution is 6.30. The molecule has 0 unspecified atom stereocenters. The van der Waals surface area contributed by atoms with Gasteiger partial charge in [-0.25, -0.2) is 0 Å². The van der Waals surface area contributed by atoms with E-state index in [9.17, 15) is 10.2 Å². The molecule has 1 aliphatic rings. The number of aromatic nitrogens is 1. The van der Waals surface area contributed by atoms with Crippen molar-refractivity contribution in [1.29, 1.82) is 0 Å². The first kappa shape index (κ1) is 14.5. The number of aliphatic hydroxyl groups excluding tert-OH is 3. The third kappa shape index (κ3) is 2.68.